The average molecular weight is 379 g/mol. The SMILES string of the molecule is CNc1ccc(N2Cc3cccc(I)c3CC2=O)cn1. The van der Waals surface area contributed by atoms with Crippen LogP contribution in [0.25, 0.3) is 0 Å². The number of nitrogens with zero attached hydrogens (tertiary/aromatic N) is 2. The third-order valence-corrected chi connectivity index (χ3v) is 4.50. The molecule has 4 nitrogen and oxygen atoms in total. The van der Waals surface area contributed by atoms with Gasteiger partial charge in [0.2, 0.25) is 5.91 Å². The first-order valence-corrected chi connectivity index (χ1v) is 7.47. The molecule has 1 aromatic heterocycles. The van der Waals surface area contributed by atoms with Crippen LogP contribution < -0.4 is 10.2 Å². The largest absolute Gasteiger partial charge is 0.373 e. The van der Waals surface area contributed by atoms with Gasteiger partial charge in [-0.2, -0.15) is 0 Å². The quantitative estimate of drug-likeness (QED) is 0.817. The van der Waals surface area contributed by atoms with Crippen molar-refractivity contribution in [2.75, 3.05) is 17.3 Å². The zero-order valence-electron chi connectivity index (χ0n) is 11.1. The van der Waals surface area contributed by atoms with Crippen LogP contribution in [0.3, 0.4) is 0 Å². The van der Waals surface area contributed by atoms with Crippen LogP contribution in [0.1, 0.15) is 11.1 Å². The minimum atomic E-state index is 0.126. The van der Waals surface area contributed by atoms with Gasteiger partial charge in [0.05, 0.1) is 24.8 Å². The van der Waals surface area contributed by atoms with Crippen LogP contribution in [0.2, 0.25) is 0 Å². The van der Waals surface area contributed by atoms with Gasteiger partial charge in [0.15, 0.2) is 0 Å². The van der Waals surface area contributed by atoms with E-state index in [-0.39, 0.29) is 5.91 Å². The standard InChI is InChI=1S/C15H14IN3O/c1-17-14-6-5-11(8-18-14)19-9-10-3-2-4-13(16)12(10)7-15(19)20/h2-6,8H,7,9H2,1H3,(H,17,18). The fraction of sp³-hybridized carbons (Fsp3) is 0.200. The Balaban J connectivity index is 1.93. The van der Waals surface area contributed by atoms with Crippen LogP contribution in [-0.4, -0.2) is 17.9 Å². The van der Waals surface area contributed by atoms with Gasteiger partial charge in [-0.25, -0.2) is 4.98 Å². The van der Waals surface area contributed by atoms with Crippen LogP contribution in [0, 0.1) is 3.57 Å². The van der Waals surface area contributed by atoms with E-state index in [0.29, 0.717) is 13.0 Å². The minimum Gasteiger partial charge on any atom is -0.373 e. The van der Waals surface area contributed by atoms with Crippen LogP contribution >= 0.6 is 22.6 Å². The molecule has 0 fully saturated rings. The summed E-state index contributed by atoms with van der Waals surface area (Å²) < 4.78 is 1.16. The molecular formula is C15H14IN3O. The molecule has 0 unspecified atom stereocenters. The maximum Gasteiger partial charge on any atom is 0.231 e. The van der Waals surface area contributed by atoms with Crippen LogP contribution in [0.15, 0.2) is 36.5 Å². The third-order valence-electron chi connectivity index (χ3n) is 3.49. The van der Waals surface area contributed by atoms with Crippen LogP contribution in [-0.2, 0) is 17.8 Å². The molecule has 0 spiro atoms. The Morgan fingerprint density at radius 2 is 2.15 bits per heavy atom. The maximum absolute atomic E-state index is 12.3. The summed E-state index contributed by atoms with van der Waals surface area (Å²) in [5.74, 6) is 0.925. The number of amides is 1. The van der Waals surface area contributed by atoms with Crippen molar-refractivity contribution in [1.82, 2.24) is 4.98 Å². The number of halogens is 1. The van der Waals surface area contributed by atoms with E-state index in [1.807, 2.05) is 31.3 Å². The predicted octanol–water partition coefficient (Wildman–Crippen LogP) is 2.82. The van der Waals surface area contributed by atoms with Crippen molar-refractivity contribution in [3.63, 3.8) is 0 Å². The second kappa shape index (κ2) is 5.40. The van der Waals surface area contributed by atoms with Gasteiger partial charge in [-0.3, -0.25) is 4.79 Å². The van der Waals surface area contributed by atoms with Gasteiger partial charge in [0.25, 0.3) is 0 Å². The molecule has 1 amide bonds. The lowest BCUT2D eigenvalue weighted by atomic mass is 9.99. The number of hydrogen-bond donors (Lipinski definition) is 1. The topological polar surface area (TPSA) is 45.2 Å². The Hall–Kier alpha value is -1.63. The van der Waals surface area contributed by atoms with Gasteiger partial charge in [-0.1, -0.05) is 12.1 Å². The Labute approximate surface area is 131 Å². The highest BCUT2D eigenvalue weighted by atomic mass is 127. The fourth-order valence-electron chi connectivity index (χ4n) is 2.38. The van der Waals surface area contributed by atoms with Gasteiger partial charge in [0.1, 0.15) is 5.82 Å². The summed E-state index contributed by atoms with van der Waals surface area (Å²) in [6.45, 7) is 0.617. The summed E-state index contributed by atoms with van der Waals surface area (Å²) in [4.78, 5) is 18.4. The molecule has 1 aliphatic heterocycles. The molecule has 1 N–H and O–H groups in total. The molecule has 1 aromatic carbocycles. The molecule has 3 rings (SSSR count). The Morgan fingerprint density at radius 3 is 2.85 bits per heavy atom. The maximum atomic E-state index is 12.3. The van der Waals surface area contributed by atoms with Gasteiger partial charge in [0, 0.05) is 10.6 Å². The summed E-state index contributed by atoms with van der Waals surface area (Å²) in [6, 6.07) is 9.98. The van der Waals surface area contributed by atoms with E-state index in [1.165, 1.54) is 5.56 Å². The Kier molecular flexibility index (Phi) is 3.60. The number of rotatable bonds is 2. The number of nitrogens with one attached hydrogen (secondary N) is 1. The molecule has 1 aliphatic rings. The number of benzene rings is 1. The van der Waals surface area contributed by atoms with E-state index in [2.05, 4.69) is 39.0 Å². The lowest BCUT2D eigenvalue weighted by molar-refractivity contribution is -0.118. The molecular weight excluding hydrogens is 365 g/mol. The second-order valence-electron chi connectivity index (χ2n) is 4.69. The minimum absolute atomic E-state index is 0.126. The van der Waals surface area contributed by atoms with Gasteiger partial charge in [-0.05, 0) is 51.9 Å². The average Bonchev–Trinajstić information content (AvgIpc) is 2.48. The molecule has 2 heterocycles. The highest BCUT2D eigenvalue weighted by Crippen LogP contribution is 2.28. The Bertz CT molecular complexity index is 655. The first-order valence-electron chi connectivity index (χ1n) is 6.39. The van der Waals surface area contributed by atoms with Crippen LogP contribution in [0.4, 0.5) is 11.5 Å². The first kappa shape index (κ1) is 13.4. The van der Waals surface area contributed by atoms with E-state index in [4.69, 9.17) is 0 Å². The lowest BCUT2D eigenvalue weighted by Crippen LogP contribution is -2.36. The van der Waals surface area contributed by atoms with Gasteiger partial charge in [-0.15, -0.1) is 0 Å². The molecule has 0 saturated carbocycles. The van der Waals surface area contributed by atoms with E-state index >= 15 is 0 Å². The highest BCUT2D eigenvalue weighted by molar-refractivity contribution is 14.1. The smallest absolute Gasteiger partial charge is 0.231 e. The van der Waals surface area contributed by atoms with Gasteiger partial charge < -0.3 is 10.2 Å². The first-order chi connectivity index (χ1) is 9.69. The summed E-state index contributed by atoms with van der Waals surface area (Å²) in [5, 5.41) is 2.98. The van der Waals surface area contributed by atoms with Crippen molar-refractivity contribution in [3.05, 3.63) is 51.2 Å². The highest BCUT2D eigenvalue weighted by Gasteiger charge is 2.25. The zero-order valence-corrected chi connectivity index (χ0v) is 13.2. The molecule has 5 heteroatoms. The normalized spacial score (nSPS) is 14.1. The van der Waals surface area contributed by atoms with Crippen molar-refractivity contribution >= 4 is 40.0 Å². The molecule has 20 heavy (non-hydrogen) atoms. The molecule has 0 atom stereocenters. The fourth-order valence-corrected chi connectivity index (χ4v) is 3.13. The van der Waals surface area contributed by atoms with Gasteiger partial charge >= 0.3 is 0 Å². The number of aromatic nitrogens is 1. The van der Waals surface area contributed by atoms with Crippen LogP contribution in [0.5, 0.6) is 0 Å². The monoisotopic (exact) mass is 379 g/mol. The van der Waals surface area contributed by atoms with E-state index in [1.54, 1.807) is 11.1 Å². The van der Waals surface area contributed by atoms with E-state index < -0.39 is 0 Å². The van der Waals surface area contributed by atoms with Crippen molar-refractivity contribution in [1.29, 1.82) is 0 Å². The van der Waals surface area contributed by atoms with Crippen molar-refractivity contribution in [2.45, 2.75) is 13.0 Å². The van der Waals surface area contributed by atoms with Crippen molar-refractivity contribution in [3.8, 4) is 0 Å². The summed E-state index contributed by atoms with van der Waals surface area (Å²) in [7, 11) is 1.83. The number of anilines is 2. The van der Waals surface area contributed by atoms with Crippen molar-refractivity contribution in [2.24, 2.45) is 0 Å². The number of carbonyl (C=O) groups is 1. The van der Waals surface area contributed by atoms with E-state index in [0.717, 1.165) is 20.6 Å². The third kappa shape index (κ3) is 2.37. The second-order valence-corrected chi connectivity index (χ2v) is 5.85. The summed E-state index contributed by atoms with van der Waals surface area (Å²) in [6.07, 6.45) is 2.20. The lowest BCUT2D eigenvalue weighted by Gasteiger charge is -2.29. The summed E-state index contributed by atoms with van der Waals surface area (Å²) >= 11 is 2.29. The number of pyridine rings is 1. The molecule has 0 bridgehead atoms. The van der Waals surface area contributed by atoms with Crippen molar-refractivity contribution < 1.29 is 4.79 Å². The molecule has 0 aliphatic carbocycles. The number of fused-ring (bicyclic) bond motifs is 1. The molecule has 2 aromatic rings. The molecule has 0 radical (unpaired) electrons. The zero-order chi connectivity index (χ0) is 14.1. The predicted molar refractivity (Wildman–Crippen MR) is 87.8 cm³/mol. The molecule has 102 valence electrons. The number of hydrogen-bond acceptors (Lipinski definition) is 3. The van der Waals surface area contributed by atoms with E-state index in [9.17, 15) is 4.79 Å². The molecule has 0 saturated heterocycles. The summed E-state index contributed by atoms with van der Waals surface area (Å²) in [5.41, 5.74) is 3.22. The Morgan fingerprint density at radius 1 is 1.30 bits per heavy atom. The number of carbonyl (C=O) groups excluding carboxylic acids is 1.